The molecule has 9 nitrogen and oxygen atoms in total. The van der Waals surface area contributed by atoms with Gasteiger partial charge in [-0.3, -0.25) is 9.89 Å². The van der Waals surface area contributed by atoms with Crippen LogP contribution in [0.25, 0.3) is 5.52 Å². The quantitative estimate of drug-likeness (QED) is 0.600. The summed E-state index contributed by atoms with van der Waals surface area (Å²) in [5.41, 5.74) is 1.75. The molecular weight excluding hydrogens is 380 g/mol. The van der Waals surface area contributed by atoms with E-state index in [4.69, 9.17) is 4.98 Å². The van der Waals surface area contributed by atoms with E-state index in [9.17, 15) is 4.79 Å². The average molecular weight is 409 g/mol. The van der Waals surface area contributed by atoms with Gasteiger partial charge in [-0.2, -0.15) is 10.1 Å². The first-order chi connectivity index (χ1) is 14.4. The molecule has 0 aromatic carbocycles. The fourth-order valence-electron chi connectivity index (χ4n) is 3.99. The summed E-state index contributed by atoms with van der Waals surface area (Å²) < 4.78 is 1.80. The van der Waals surface area contributed by atoms with Gasteiger partial charge in [-0.15, -0.1) is 5.10 Å². The maximum Gasteiger partial charge on any atom is 0.246 e. The number of amides is 1. The molecule has 158 valence electrons. The minimum Gasteiger partial charge on any atom is -0.350 e. The number of carbonyl (C=O) groups is 1. The van der Waals surface area contributed by atoms with Crippen LogP contribution in [0.4, 0.5) is 17.6 Å². The lowest BCUT2D eigenvalue weighted by molar-refractivity contribution is -0.123. The van der Waals surface area contributed by atoms with Crippen molar-refractivity contribution in [2.45, 2.75) is 64.0 Å². The topological polar surface area (TPSA) is 103 Å². The second-order valence-electron chi connectivity index (χ2n) is 9.30. The van der Waals surface area contributed by atoms with Crippen molar-refractivity contribution in [3.8, 4) is 0 Å². The predicted octanol–water partition coefficient (Wildman–Crippen LogP) is 2.96. The Bertz CT molecular complexity index is 1070. The summed E-state index contributed by atoms with van der Waals surface area (Å²) in [6.45, 7) is 6.74. The molecule has 5 rings (SSSR count). The molecule has 2 aliphatic rings. The lowest BCUT2D eigenvalue weighted by Gasteiger charge is -2.28. The van der Waals surface area contributed by atoms with Gasteiger partial charge in [0.1, 0.15) is 11.6 Å². The number of rotatable bonds is 5. The minimum atomic E-state index is -0.275. The standard InChI is InChI=1S/C21H28N8O/c1-21(2,3)24-19(30)16-7-4-10-28(16)20-23-18(15-6-5-11-29(15)27-20)22-17-12-14(25-26-17)13-8-9-13/h5-6,11-13,16H,4,7-10H2,1-3H3,(H,24,30)(H2,22,23,25,26,27). The molecule has 9 heteroatoms. The van der Waals surface area contributed by atoms with E-state index in [1.807, 2.05) is 50.1 Å². The number of hydrogen-bond acceptors (Lipinski definition) is 6. The van der Waals surface area contributed by atoms with Crippen LogP contribution in [0.15, 0.2) is 24.4 Å². The van der Waals surface area contributed by atoms with Gasteiger partial charge in [0.25, 0.3) is 0 Å². The highest BCUT2D eigenvalue weighted by molar-refractivity contribution is 5.86. The zero-order chi connectivity index (χ0) is 20.9. The lowest BCUT2D eigenvalue weighted by atomic mass is 10.1. The van der Waals surface area contributed by atoms with Crippen LogP contribution in [-0.4, -0.2) is 48.8 Å². The largest absolute Gasteiger partial charge is 0.350 e. The molecule has 1 aliphatic carbocycles. The van der Waals surface area contributed by atoms with Crippen molar-refractivity contribution in [2.75, 3.05) is 16.8 Å². The molecule has 1 atom stereocenters. The van der Waals surface area contributed by atoms with E-state index >= 15 is 0 Å². The van der Waals surface area contributed by atoms with Crippen molar-refractivity contribution in [3.05, 3.63) is 30.1 Å². The van der Waals surface area contributed by atoms with E-state index < -0.39 is 0 Å². The number of anilines is 3. The number of nitrogens with one attached hydrogen (secondary N) is 3. The van der Waals surface area contributed by atoms with Crippen LogP contribution >= 0.6 is 0 Å². The van der Waals surface area contributed by atoms with Gasteiger partial charge in [-0.25, -0.2) is 4.52 Å². The number of hydrogen-bond donors (Lipinski definition) is 3. The summed E-state index contributed by atoms with van der Waals surface area (Å²) >= 11 is 0. The summed E-state index contributed by atoms with van der Waals surface area (Å²) in [6, 6.07) is 5.69. The molecule has 4 heterocycles. The van der Waals surface area contributed by atoms with E-state index in [0.29, 0.717) is 17.7 Å². The normalized spacial score (nSPS) is 19.4. The van der Waals surface area contributed by atoms with Gasteiger partial charge in [-0.1, -0.05) is 0 Å². The Morgan fingerprint density at radius 2 is 2.10 bits per heavy atom. The Morgan fingerprint density at radius 1 is 1.27 bits per heavy atom. The average Bonchev–Trinajstić information content (AvgIpc) is 3.10. The predicted molar refractivity (Wildman–Crippen MR) is 115 cm³/mol. The first-order valence-electron chi connectivity index (χ1n) is 10.6. The smallest absolute Gasteiger partial charge is 0.246 e. The van der Waals surface area contributed by atoms with Crippen LogP contribution in [0.1, 0.15) is 58.1 Å². The monoisotopic (exact) mass is 408 g/mol. The number of aromatic nitrogens is 5. The molecule has 1 amide bonds. The summed E-state index contributed by atoms with van der Waals surface area (Å²) in [4.78, 5) is 19.7. The van der Waals surface area contributed by atoms with Crippen molar-refractivity contribution in [1.82, 2.24) is 30.1 Å². The van der Waals surface area contributed by atoms with Crippen molar-refractivity contribution < 1.29 is 4.79 Å². The maximum absolute atomic E-state index is 12.9. The highest BCUT2D eigenvalue weighted by Crippen LogP contribution is 2.39. The molecule has 3 aromatic rings. The Hall–Kier alpha value is -3.10. The molecule has 3 N–H and O–H groups in total. The first-order valence-corrected chi connectivity index (χ1v) is 10.6. The van der Waals surface area contributed by atoms with Gasteiger partial charge in [0.15, 0.2) is 11.6 Å². The van der Waals surface area contributed by atoms with Gasteiger partial charge in [0.2, 0.25) is 11.9 Å². The Balaban J connectivity index is 1.45. The second-order valence-corrected chi connectivity index (χ2v) is 9.30. The highest BCUT2D eigenvalue weighted by atomic mass is 16.2. The van der Waals surface area contributed by atoms with E-state index in [2.05, 4.69) is 25.9 Å². The van der Waals surface area contributed by atoms with E-state index in [1.54, 1.807) is 4.52 Å². The van der Waals surface area contributed by atoms with E-state index in [-0.39, 0.29) is 17.5 Å². The second kappa shape index (κ2) is 7.00. The van der Waals surface area contributed by atoms with Gasteiger partial charge >= 0.3 is 0 Å². The molecule has 0 spiro atoms. The molecule has 1 saturated carbocycles. The fourth-order valence-corrected chi connectivity index (χ4v) is 3.99. The summed E-state index contributed by atoms with van der Waals surface area (Å²) in [6.07, 6.45) is 6.06. The molecule has 2 fully saturated rings. The minimum absolute atomic E-state index is 0.0205. The molecule has 30 heavy (non-hydrogen) atoms. The third-order valence-corrected chi connectivity index (χ3v) is 5.55. The van der Waals surface area contributed by atoms with Crippen LogP contribution in [0.5, 0.6) is 0 Å². The van der Waals surface area contributed by atoms with Crippen molar-refractivity contribution >= 4 is 29.0 Å². The first kappa shape index (κ1) is 18.9. The number of H-pyrrole nitrogens is 1. The zero-order valence-corrected chi connectivity index (χ0v) is 17.6. The summed E-state index contributed by atoms with van der Waals surface area (Å²) in [5, 5.41) is 18.6. The maximum atomic E-state index is 12.9. The number of aromatic amines is 1. The third kappa shape index (κ3) is 3.71. The number of fused-ring (bicyclic) bond motifs is 1. The van der Waals surface area contributed by atoms with Crippen LogP contribution in [-0.2, 0) is 4.79 Å². The zero-order valence-electron chi connectivity index (χ0n) is 17.6. The third-order valence-electron chi connectivity index (χ3n) is 5.55. The fraction of sp³-hybridized carbons (Fsp3) is 0.524. The van der Waals surface area contributed by atoms with E-state index in [1.165, 1.54) is 12.8 Å². The van der Waals surface area contributed by atoms with Gasteiger partial charge in [-0.05, 0) is 58.6 Å². The number of carbonyl (C=O) groups excluding carboxylic acids is 1. The molecule has 0 bridgehead atoms. The Kier molecular flexibility index (Phi) is 4.41. The van der Waals surface area contributed by atoms with Crippen molar-refractivity contribution in [1.29, 1.82) is 0 Å². The Morgan fingerprint density at radius 3 is 2.87 bits per heavy atom. The van der Waals surface area contributed by atoms with Crippen molar-refractivity contribution in [2.24, 2.45) is 0 Å². The molecule has 1 saturated heterocycles. The van der Waals surface area contributed by atoms with Crippen LogP contribution in [0.2, 0.25) is 0 Å². The van der Waals surface area contributed by atoms with Crippen LogP contribution in [0.3, 0.4) is 0 Å². The molecule has 0 radical (unpaired) electrons. The van der Waals surface area contributed by atoms with Crippen LogP contribution < -0.4 is 15.5 Å². The van der Waals surface area contributed by atoms with Crippen molar-refractivity contribution in [3.63, 3.8) is 0 Å². The van der Waals surface area contributed by atoms with E-state index in [0.717, 1.165) is 36.4 Å². The number of nitrogens with zero attached hydrogens (tertiary/aromatic N) is 5. The lowest BCUT2D eigenvalue weighted by Crippen LogP contribution is -2.50. The molecule has 3 aromatic heterocycles. The van der Waals surface area contributed by atoms with Gasteiger partial charge in [0, 0.05) is 36.0 Å². The SMILES string of the molecule is CC(C)(C)NC(=O)C1CCCN1c1nc(Nc2cc(C3CC3)[nH]n2)c2cccn2n1. The molecule has 1 aliphatic heterocycles. The summed E-state index contributed by atoms with van der Waals surface area (Å²) in [7, 11) is 0. The van der Waals surface area contributed by atoms with Gasteiger partial charge < -0.3 is 15.5 Å². The van der Waals surface area contributed by atoms with Gasteiger partial charge in [0.05, 0.1) is 0 Å². The Labute approximate surface area is 175 Å². The highest BCUT2D eigenvalue weighted by Gasteiger charge is 2.34. The molecular formula is C21H28N8O. The summed E-state index contributed by atoms with van der Waals surface area (Å²) in [5.74, 6) is 2.60. The molecule has 1 unspecified atom stereocenters. The van der Waals surface area contributed by atoms with Crippen LogP contribution in [0, 0.1) is 0 Å².